The van der Waals surface area contributed by atoms with E-state index in [0.29, 0.717) is 5.56 Å². The van der Waals surface area contributed by atoms with E-state index in [1.807, 2.05) is 6.07 Å². The molecule has 2 N–H and O–H groups in total. The number of halogens is 1. The molecule has 0 aliphatic carbocycles. The number of nitrogens with zero attached hydrogens (tertiary/aromatic N) is 1. The predicted octanol–water partition coefficient (Wildman–Crippen LogP) is 2.78. The van der Waals surface area contributed by atoms with Gasteiger partial charge in [-0.05, 0) is 52.9 Å². The Kier molecular flexibility index (Phi) is 3.72. The van der Waals surface area contributed by atoms with Gasteiger partial charge in [-0.25, -0.2) is 0 Å². The van der Waals surface area contributed by atoms with Crippen molar-refractivity contribution >= 4 is 27.5 Å². The van der Waals surface area contributed by atoms with Crippen molar-refractivity contribution in [3.8, 4) is 0 Å². The summed E-state index contributed by atoms with van der Waals surface area (Å²) in [4.78, 5) is 13.4. The van der Waals surface area contributed by atoms with Crippen molar-refractivity contribution in [2.75, 3.05) is 18.0 Å². The molecule has 1 aromatic carbocycles. The SMILES string of the molecule is CC1CCCN(c2ccc(C(N)=O)cc2Br)C1. The van der Waals surface area contributed by atoms with Crippen molar-refractivity contribution in [2.45, 2.75) is 19.8 Å². The number of primary amides is 1. The number of benzene rings is 1. The Morgan fingerprint density at radius 3 is 2.88 bits per heavy atom. The van der Waals surface area contributed by atoms with Crippen LogP contribution < -0.4 is 10.6 Å². The van der Waals surface area contributed by atoms with Crippen LogP contribution in [-0.2, 0) is 0 Å². The summed E-state index contributed by atoms with van der Waals surface area (Å²) in [6.45, 7) is 4.44. The Hall–Kier alpha value is -1.03. The zero-order valence-electron chi connectivity index (χ0n) is 9.95. The Balaban J connectivity index is 2.23. The number of carbonyl (C=O) groups is 1. The maximum atomic E-state index is 11.1. The zero-order chi connectivity index (χ0) is 12.4. The second kappa shape index (κ2) is 5.08. The van der Waals surface area contributed by atoms with Crippen molar-refractivity contribution in [1.29, 1.82) is 0 Å². The number of amides is 1. The van der Waals surface area contributed by atoms with Gasteiger partial charge in [-0.2, -0.15) is 0 Å². The van der Waals surface area contributed by atoms with Crippen molar-refractivity contribution in [3.63, 3.8) is 0 Å². The van der Waals surface area contributed by atoms with Gasteiger partial charge in [0.1, 0.15) is 0 Å². The third-order valence-electron chi connectivity index (χ3n) is 3.23. The van der Waals surface area contributed by atoms with Crippen LogP contribution in [0.25, 0.3) is 0 Å². The van der Waals surface area contributed by atoms with Gasteiger partial charge < -0.3 is 10.6 Å². The van der Waals surface area contributed by atoms with Gasteiger partial charge in [0.2, 0.25) is 5.91 Å². The third kappa shape index (κ3) is 2.80. The molecule has 0 saturated carbocycles. The minimum absolute atomic E-state index is 0.385. The van der Waals surface area contributed by atoms with Crippen molar-refractivity contribution in [1.82, 2.24) is 0 Å². The summed E-state index contributed by atoms with van der Waals surface area (Å²) in [5.41, 5.74) is 6.96. The molecule has 1 aromatic rings. The van der Waals surface area contributed by atoms with Gasteiger partial charge in [0.15, 0.2) is 0 Å². The highest BCUT2D eigenvalue weighted by Gasteiger charge is 2.18. The second-order valence-electron chi connectivity index (χ2n) is 4.72. The van der Waals surface area contributed by atoms with Gasteiger partial charge in [-0.1, -0.05) is 6.92 Å². The highest BCUT2D eigenvalue weighted by atomic mass is 79.9. The summed E-state index contributed by atoms with van der Waals surface area (Å²) in [5, 5.41) is 0. The molecule has 0 spiro atoms. The molecule has 1 aliphatic rings. The van der Waals surface area contributed by atoms with E-state index >= 15 is 0 Å². The van der Waals surface area contributed by atoms with E-state index in [0.717, 1.165) is 29.2 Å². The quantitative estimate of drug-likeness (QED) is 0.912. The molecule has 1 atom stereocenters. The maximum absolute atomic E-state index is 11.1. The molecule has 1 saturated heterocycles. The first-order valence-corrected chi connectivity index (χ1v) is 6.71. The number of piperidine rings is 1. The lowest BCUT2D eigenvalue weighted by Gasteiger charge is -2.33. The van der Waals surface area contributed by atoms with Crippen LogP contribution in [0.3, 0.4) is 0 Å². The van der Waals surface area contributed by atoms with E-state index in [-0.39, 0.29) is 5.91 Å². The molecule has 0 aromatic heterocycles. The normalized spacial score (nSPS) is 20.4. The molecule has 2 rings (SSSR count). The molecule has 17 heavy (non-hydrogen) atoms. The first-order valence-electron chi connectivity index (χ1n) is 5.92. The van der Waals surface area contributed by atoms with E-state index in [1.54, 1.807) is 12.1 Å². The first-order chi connectivity index (χ1) is 8.08. The highest BCUT2D eigenvalue weighted by molar-refractivity contribution is 9.10. The van der Waals surface area contributed by atoms with E-state index in [9.17, 15) is 4.79 Å². The maximum Gasteiger partial charge on any atom is 0.248 e. The minimum Gasteiger partial charge on any atom is -0.370 e. The van der Waals surface area contributed by atoms with Gasteiger partial charge in [-0.3, -0.25) is 4.79 Å². The first kappa shape index (κ1) is 12.4. The number of hydrogen-bond donors (Lipinski definition) is 1. The molecule has 1 heterocycles. The number of nitrogens with two attached hydrogens (primary N) is 1. The average molecular weight is 297 g/mol. The molecule has 1 aliphatic heterocycles. The lowest BCUT2D eigenvalue weighted by Crippen LogP contribution is -2.34. The van der Waals surface area contributed by atoms with E-state index in [1.165, 1.54) is 12.8 Å². The van der Waals surface area contributed by atoms with Crippen LogP contribution in [0.15, 0.2) is 22.7 Å². The lowest BCUT2D eigenvalue weighted by molar-refractivity contribution is 0.100. The second-order valence-corrected chi connectivity index (χ2v) is 5.58. The molecule has 1 unspecified atom stereocenters. The summed E-state index contributed by atoms with van der Waals surface area (Å²) < 4.78 is 0.947. The topological polar surface area (TPSA) is 46.3 Å². The smallest absolute Gasteiger partial charge is 0.248 e. The van der Waals surface area contributed by atoms with Gasteiger partial charge in [0.05, 0.1) is 5.69 Å². The van der Waals surface area contributed by atoms with Crippen LogP contribution in [0.2, 0.25) is 0 Å². The van der Waals surface area contributed by atoms with Gasteiger partial charge in [0.25, 0.3) is 0 Å². The molecule has 92 valence electrons. The predicted molar refractivity (Wildman–Crippen MR) is 73.3 cm³/mol. The van der Waals surface area contributed by atoms with E-state index < -0.39 is 0 Å². The van der Waals surface area contributed by atoms with Gasteiger partial charge in [0, 0.05) is 23.1 Å². The average Bonchev–Trinajstić information content (AvgIpc) is 2.28. The standard InChI is InChI=1S/C13H17BrN2O/c1-9-3-2-6-16(8-9)12-5-4-10(13(15)17)7-11(12)14/h4-5,7,9H,2-3,6,8H2,1H3,(H2,15,17). The largest absolute Gasteiger partial charge is 0.370 e. The van der Waals surface area contributed by atoms with Crippen LogP contribution in [0.1, 0.15) is 30.1 Å². The Labute approximate surface area is 110 Å². The molecule has 0 bridgehead atoms. The molecular formula is C13H17BrN2O. The van der Waals surface area contributed by atoms with Crippen LogP contribution in [-0.4, -0.2) is 19.0 Å². The molecule has 0 radical (unpaired) electrons. The Morgan fingerprint density at radius 1 is 1.53 bits per heavy atom. The number of rotatable bonds is 2. The van der Waals surface area contributed by atoms with Crippen LogP contribution >= 0.6 is 15.9 Å². The van der Waals surface area contributed by atoms with Crippen LogP contribution in [0.4, 0.5) is 5.69 Å². The Bertz CT molecular complexity index is 433. The fourth-order valence-corrected chi connectivity index (χ4v) is 2.95. The monoisotopic (exact) mass is 296 g/mol. The summed E-state index contributed by atoms with van der Waals surface area (Å²) >= 11 is 3.52. The van der Waals surface area contributed by atoms with Crippen LogP contribution in [0, 0.1) is 5.92 Å². The zero-order valence-corrected chi connectivity index (χ0v) is 11.5. The molecule has 1 fully saturated rings. The molecular weight excluding hydrogens is 280 g/mol. The summed E-state index contributed by atoms with van der Waals surface area (Å²) in [6.07, 6.45) is 2.53. The lowest BCUT2D eigenvalue weighted by atomic mass is 9.99. The number of hydrogen-bond acceptors (Lipinski definition) is 2. The fraction of sp³-hybridized carbons (Fsp3) is 0.462. The fourth-order valence-electron chi connectivity index (χ4n) is 2.32. The van der Waals surface area contributed by atoms with Gasteiger partial charge in [-0.15, -0.1) is 0 Å². The van der Waals surface area contributed by atoms with Gasteiger partial charge >= 0.3 is 0 Å². The Morgan fingerprint density at radius 2 is 2.29 bits per heavy atom. The van der Waals surface area contributed by atoms with E-state index in [4.69, 9.17) is 5.73 Å². The number of anilines is 1. The van der Waals surface area contributed by atoms with Crippen molar-refractivity contribution < 1.29 is 4.79 Å². The highest BCUT2D eigenvalue weighted by Crippen LogP contribution is 2.30. The van der Waals surface area contributed by atoms with Crippen molar-refractivity contribution in [2.24, 2.45) is 11.7 Å². The van der Waals surface area contributed by atoms with Crippen molar-refractivity contribution in [3.05, 3.63) is 28.2 Å². The molecule has 1 amide bonds. The molecule has 3 nitrogen and oxygen atoms in total. The minimum atomic E-state index is -0.385. The summed E-state index contributed by atoms with van der Waals surface area (Å²) in [7, 11) is 0. The van der Waals surface area contributed by atoms with Crippen LogP contribution in [0.5, 0.6) is 0 Å². The third-order valence-corrected chi connectivity index (χ3v) is 3.87. The summed E-state index contributed by atoms with van der Waals surface area (Å²) in [5.74, 6) is 0.343. The molecule has 4 heteroatoms. The summed E-state index contributed by atoms with van der Waals surface area (Å²) in [6, 6.07) is 5.57. The van der Waals surface area contributed by atoms with E-state index in [2.05, 4.69) is 27.8 Å². The number of carbonyl (C=O) groups excluding carboxylic acids is 1.